The third kappa shape index (κ3) is 5.00. The third-order valence-corrected chi connectivity index (χ3v) is 7.80. The minimum Gasteiger partial charge on any atom is -0.496 e. The second-order valence-corrected chi connectivity index (χ2v) is 9.68. The highest BCUT2D eigenvalue weighted by Crippen LogP contribution is 2.33. The van der Waals surface area contributed by atoms with E-state index in [1.165, 1.54) is 13.2 Å². The lowest BCUT2D eigenvalue weighted by molar-refractivity contribution is -0.120. The predicted octanol–water partition coefficient (Wildman–Crippen LogP) is 3.84. The van der Waals surface area contributed by atoms with Crippen LogP contribution in [0, 0.1) is 0 Å². The molecule has 0 aliphatic rings. The largest absolute Gasteiger partial charge is 0.496 e. The Bertz CT molecular complexity index is 1130. The summed E-state index contributed by atoms with van der Waals surface area (Å²) in [7, 11) is -0.949. The van der Waals surface area contributed by atoms with Crippen LogP contribution in [0.5, 0.6) is 11.5 Å². The monoisotopic (exact) mass is 460 g/mol. The molecule has 1 unspecified atom stereocenters. The van der Waals surface area contributed by atoms with Crippen LogP contribution < -0.4 is 19.1 Å². The summed E-state index contributed by atoms with van der Waals surface area (Å²) in [5.74, 6) is 0.542. The van der Waals surface area contributed by atoms with Crippen LogP contribution in [-0.4, -0.2) is 35.1 Å². The molecule has 0 saturated carbocycles. The first-order valence-electron chi connectivity index (χ1n) is 9.50. The van der Waals surface area contributed by atoms with E-state index in [-0.39, 0.29) is 10.3 Å². The number of rotatable bonds is 9. The Hall–Kier alpha value is -3.04. The Balaban J connectivity index is 1.91. The van der Waals surface area contributed by atoms with Gasteiger partial charge in [0.2, 0.25) is 5.91 Å². The van der Waals surface area contributed by atoms with Crippen LogP contribution in [0.15, 0.2) is 70.3 Å². The number of carbonyl (C=O) groups excluding carboxylic acids is 1. The Labute approximate surface area is 186 Å². The maximum atomic E-state index is 13.3. The fourth-order valence-corrected chi connectivity index (χ4v) is 5.71. The van der Waals surface area contributed by atoms with Gasteiger partial charge < -0.3 is 14.8 Å². The number of para-hydroxylation sites is 3. The summed E-state index contributed by atoms with van der Waals surface area (Å²) in [4.78, 5) is 12.9. The molecule has 0 radical (unpaired) electrons. The molecule has 164 valence electrons. The Morgan fingerprint density at radius 2 is 1.65 bits per heavy atom. The molecule has 1 atom stereocenters. The van der Waals surface area contributed by atoms with E-state index in [9.17, 15) is 13.2 Å². The predicted molar refractivity (Wildman–Crippen MR) is 121 cm³/mol. The Morgan fingerprint density at radius 1 is 1.00 bits per heavy atom. The molecule has 1 aromatic heterocycles. The molecular formula is C22H24N2O5S2. The molecule has 3 aromatic rings. The third-order valence-electron chi connectivity index (χ3n) is 4.66. The van der Waals surface area contributed by atoms with Crippen LogP contribution in [0.3, 0.4) is 0 Å². The van der Waals surface area contributed by atoms with Gasteiger partial charge in [0.1, 0.15) is 22.3 Å². The lowest BCUT2D eigenvalue weighted by Crippen LogP contribution is -2.41. The van der Waals surface area contributed by atoms with Crippen molar-refractivity contribution in [3.8, 4) is 11.5 Å². The van der Waals surface area contributed by atoms with Crippen molar-refractivity contribution in [1.82, 2.24) is 5.32 Å². The number of nitrogens with zero attached hydrogens (tertiary/aromatic N) is 1. The van der Waals surface area contributed by atoms with E-state index in [2.05, 4.69) is 5.32 Å². The molecule has 0 aliphatic carbocycles. The number of ether oxygens (including phenoxy) is 2. The lowest BCUT2D eigenvalue weighted by Gasteiger charge is -2.26. The van der Waals surface area contributed by atoms with Crippen LogP contribution in [0.2, 0.25) is 0 Å². The van der Waals surface area contributed by atoms with Gasteiger partial charge in [-0.05, 0) is 36.6 Å². The van der Waals surface area contributed by atoms with E-state index >= 15 is 0 Å². The van der Waals surface area contributed by atoms with E-state index in [1.54, 1.807) is 48.9 Å². The van der Waals surface area contributed by atoms with E-state index in [4.69, 9.17) is 9.47 Å². The number of amides is 1. The highest BCUT2D eigenvalue weighted by atomic mass is 32.2. The quantitative estimate of drug-likeness (QED) is 0.525. The van der Waals surface area contributed by atoms with Crippen molar-refractivity contribution in [3.05, 3.63) is 71.6 Å². The van der Waals surface area contributed by atoms with E-state index in [0.717, 1.165) is 21.2 Å². The van der Waals surface area contributed by atoms with Crippen LogP contribution in [0.4, 0.5) is 5.69 Å². The van der Waals surface area contributed by atoms with Gasteiger partial charge in [-0.3, -0.25) is 9.10 Å². The first kappa shape index (κ1) is 22.6. The number of anilines is 1. The number of sulfonamides is 1. The van der Waals surface area contributed by atoms with Crippen molar-refractivity contribution in [2.45, 2.75) is 17.2 Å². The molecule has 3 rings (SSSR count). The van der Waals surface area contributed by atoms with Crippen LogP contribution in [-0.2, 0) is 14.8 Å². The van der Waals surface area contributed by atoms with Gasteiger partial charge in [0.15, 0.2) is 0 Å². The summed E-state index contributed by atoms with van der Waals surface area (Å²) in [5, 5.41) is 4.54. The zero-order chi connectivity index (χ0) is 22.4. The molecule has 0 spiro atoms. The molecule has 0 bridgehead atoms. The van der Waals surface area contributed by atoms with Gasteiger partial charge in [0, 0.05) is 5.56 Å². The van der Waals surface area contributed by atoms with Gasteiger partial charge in [-0.2, -0.15) is 0 Å². The number of hydrogen-bond acceptors (Lipinski definition) is 6. The number of thiophene rings is 1. The molecule has 0 aliphatic heterocycles. The number of carbonyl (C=O) groups is 1. The number of methoxy groups -OCH3 is 2. The van der Waals surface area contributed by atoms with Crippen molar-refractivity contribution >= 4 is 33.0 Å². The summed E-state index contributed by atoms with van der Waals surface area (Å²) in [6.07, 6.45) is 0. The molecule has 0 fully saturated rings. The van der Waals surface area contributed by atoms with Gasteiger partial charge in [0.25, 0.3) is 10.0 Å². The smallest absolute Gasteiger partial charge is 0.274 e. The summed E-state index contributed by atoms with van der Waals surface area (Å²) in [6, 6.07) is 16.8. The van der Waals surface area contributed by atoms with Gasteiger partial charge >= 0.3 is 0 Å². The first-order valence-corrected chi connectivity index (χ1v) is 11.8. The average Bonchev–Trinajstić information content (AvgIpc) is 3.33. The van der Waals surface area contributed by atoms with Crippen LogP contribution in [0.1, 0.15) is 18.5 Å². The summed E-state index contributed by atoms with van der Waals surface area (Å²) >= 11 is 1.09. The van der Waals surface area contributed by atoms with Crippen LogP contribution >= 0.6 is 11.3 Å². The normalized spacial score (nSPS) is 12.1. The van der Waals surface area contributed by atoms with Gasteiger partial charge in [-0.1, -0.05) is 36.4 Å². The summed E-state index contributed by atoms with van der Waals surface area (Å²) in [5.41, 5.74) is 1.09. The van der Waals surface area contributed by atoms with Crippen molar-refractivity contribution in [2.24, 2.45) is 0 Å². The maximum absolute atomic E-state index is 13.3. The second kappa shape index (κ2) is 9.84. The zero-order valence-corrected chi connectivity index (χ0v) is 19.1. The number of hydrogen-bond donors (Lipinski definition) is 1. The van der Waals surface area contributed by atoms with Crippen molar-refractivity contribution < 1.29 is 22.7 Å². The highest BCUT2D eigenvalue weighted by molar-refractivity contribution is 7.94. The average molecular weight is 461 g/mol. The summed E-state index contributed by atoms with van der Waals surface area (Å²) in [6.45, 7) is 1.41. The molecule has 31 heavy (non-hydrogen) atoms. The standard InChI is InChI=1S/C22H24N2O5S2/c1-16(17-9-4-6-11-19(17)28-2)23-21(25)15-24(18-10-5-7-12-20(18)29-3)31(26,27)22-13-8-14-30-22/h4-14,16H,15H2,1-3H3,(H,23,25). The summed E-state index contributed by atoms with van der Waals surface area (Å²) < 4.78 is 38.6. The number of nitrogens with one attached hydrogen (secondary N) is 1. The molecular weight excluding hydrogens is 436 g/mol. The highest BCUT2D eigenvalue weighted by Gasteiger charge is 2.30. The first-order chi connectivity index (χ1) is 14.9. The van der Waals surface area contributed by atoms with Crippen molar-refractivity contribution in [1.29, 1.82) is 0 Å². The van der Waals surface area contributed by atoms with E-state index < -0.39 is 22.5 Å². The molecule has 0 saturated heterocycles. The van der Waals surface area contributed by atoms with Gasteiger partial charge in [-0.15, -0.1) is 11.3 Å². The maximum Gasteiger partial charge on any atom is 0.274 e. The molecule has 9 heteroatoms. The molecule has 1 N–H and O–H groups in total. The molecule has 7 nitrogen and oxygen atoms in total. The Kier molecular flexibility index (Phi) is 7.19. The van der Waals surface area contributed by atoms with Crippen LogP contribution in [0.25, 0.3) is 0 Å². The van der Waals surface area contributed by atoms with Crippen molar-refractivity contribution in [2.75, 3.05) is 25.1 Å². The fraction of sp³-hybridized carbons (Fsp3) is 0.227. The minimum atomic E-state index is -3.97. The topological polar surface area (TPSA) is 84.9 Å². The number of benzene rings is 2. The van der Waals surface area contributed by atoms with Gasteiger partial charge in [0.05, 0.1) is 25.9 Å². The molecule has 2 aromatic carbocycles. The Morgan fingerprint density at radius 3 is 2.29 bits per heavy atom. The van der Waals surface area contributed by atoms with E-state index in [1.807, 2.05) is 25.1 Å². The van der Waals surface area contributed by atoms with E-state index in [0.29, 0.717) is 17.2 Å². The molecule has 1 heterocycles. The SMILES string of the molecule is COc1ccccc1C(C)NC(=O)CN(c1ccccc1OC)S(=O)(=O)c1cccs1. The molecule has 1 amide bonds. The van der Waals surface area contributed by atoms with Gasteiger partial charge in [-0.25, -0.2) is 8.42 Å². The fourth-order valence-electron chi connectivity index (χ4n) is 3.17. The second-order valence-electron chi connectivity index (χ2n) is 6.65. The minimum absolute atomic E-state index is 0.143. The van der Waals surface area contributed by atoms with Crippen molar-refractivity contribution in [3.63, 3.8) is 0 Å². The zero-order valence-electron chi connectivity index (χ0n) is 17.4. The lowest BCUT2D eigenvalue weighted by atomic mass is 10.1.